The van der Waals surface area contributed by atoms with E-state index < -0.39 is 61.5 Å². The average Bonchev–Trinajstić information content (AvgIpc) is 3.25. The van der Waals surface area contributed by atoms with Crippen LogP contribution in [0.1, 0.15) is 213 Å². The van der Waals surface area contributed by atoms with E-state index in [0.717, 1.165) is 44.9 Å². The van der Waals surface area contributed by atoms with Crippen molar-refractivity contribution in [1.29, 1.82) is 0 Å². The quantitative estimate of drug-likeness (QED) is 0.0234. The number of nitrogens with one attached hydrogen (secondary N) is 1. The van der Waals surface area contributed by atoms with Gasteiger partial charge in [-0.25, -0.2) is 0 Å². The van der Waals surface area contributed by atoms with Crippen LogP contribution in [0.25, 0.3) is 0 Å². The van der Waals surface area contributed by atoms with Crippen molar-refractivity contribution in [3.05, 3.63) is 36.5 Å². The van der Waals surface area contributed by atoms with Crippen LogP contribution in [0.4, 0.5) is 0 Å². The standard InChI is InChI=1S/C50H93NO9/c1-3-5-7-9-11-13-15-17-19-20-21-22-23-25-27-29-31-33-35-37-39-44(54)49(58)51-42(41-59-50-48(57)47(56)46(55)45(40-52)60-50)43(53)38-36-34-32-30-28-26-24-18-16-14-12-10-8-6-4-2/h16,18,28,30,36,38,42-48,50,52-57H,3-15,17,19-27,29,31-35,37,39-41H2,1-2H3,(H,51,58)/b18-16+,30-28+,38-36+. The first-order chi connectivity index (χ1) is 29.3. The molecule has 0 aliphatic carbocycles. The van der Waals surface area contributed by atoms with Gasteiger partial charge in [-0.15, -0.1) is 0 Å². The molecule has 1 amide bonds. The zero-order valence-electron chi connectivity index (χ0n) is 38.3. The van der Waals surface area contributed by atoms with Crippen LogP contribution in [0, 0.1) is 0 Å². The molecule has 0 bridgehead atoms. The molecular weight excluding hydrogens is 759 g/mol. The average molecular weight is 852 g/mol. The van der Waals surface area contributed by atoms with Gasteiger partial charge in [-0.3, -0.25) is 4.79 Å². The lowest BCUT2D eigenvalue weighted by atomic mass is 9.99. The van der Waals surface area contributed by atoms with Crippen LogP contribution in [-0.4, -0.2) is 98.7 Å². The summed E-state index contributed by atoms with van der Waals surface area (Å²) < 4.78 is 11.1. The Kier molecular flexibility index (Phi) is 37.7. The summed E-state index contributed by atoms with van der Waals surface area (Å²) >= 11 is 0. The van der Waals surface area contributed by atoms with E-state index in [-0.39, 0.29) is 6.61 Å². The Morgan fingerprint density at radius 2 is 0.983 bits per heavy atom. The lowest BCUT2D eigenvalue weighted by molar-refractivity contribution is -0.302. The summed E-state index contributed by atoms with van der Waals surface area (Å²) in [4.78, 5) is 13.1. The van der Waals surface area contributed by atoms with Gasteiger partial charge in [-0.1, -0.05) is 204 Å². The lowest BCUT2D eigenvalue weighted by Crippen LogP contribution is -2.60. The minimum absolute atomic E-state index is 0.304. The molecule has 0 aromatic heterocycles. The monoisotopic (exact) mass is 852 g/mol. The van der Waals surface area contributed by atoms with Crippen LogP contribution in [0.2, 0.25) is 0 Å². The Balaban J connectivity index is 2.38. The van der Waals surface area contributed by atoms with E-state index in [9.17, 15) is 35.4 Å². The first-order valence-electron chi connectivity index (χ1n) is 24.8. The maximum atomic E-state index is 13.1. The molecule has 1 heterocycles. The van der Waals surface area contributed by atoms with Crippen LogP contribution >= 0.6 is 0 Å². The Bertz CT molecular complexity index is 1050. The minimum Gasteiger partial charge on any atom is -0.394 e. The number of carbonyl (C=O) groups excluding carboxylic acids is 1. The fraction of sp³-hybridized carbons (Fsp3) is 0.860. The van der Waals surface area contributed by atoms with Crippen LogP contribution < -0.4 is 5.32 Å². The molecular formula is C50H93NO9. The number of aliphatic hydroxyl groups is 6. The first-order valence-corrected chi connectivity index (χ1v) is 24.8. The largest absolute Gasteiger partial charge is 0.394 e. The number of unbranched alkanes of at least 4 members (excludes halogenated alkanes) is 26. The minimum atomic E-state index is -1.62. The van der Waals surface area contributed by atoms with Gasteiger partial charge in [0.1, 0.15) is 30.5 Å². The number of aliphatic hydroxyl groups excluding tert-OH is 6. The van der Waals surface area contributed by atoms with E-state index in [4.69, 9.17) is 9.47 Å². The summed E-state index contributed by atoms with van der Waals surface area (Å²) in [5.41, 5.74) is 0. The Labute approximate surface area is 366 Å². The number of amides is 1. The highest BCUT2D eigenvalue weighted by Gasteiger charge is 2.44. The summed E-state index contributed by atoms with van der Waals surface area (Å²) in [5, 5.41) is 64.7. The molecule has 0 radical (unpaired) electrons. The van der Waals surface area contributed by atoms with Crippen molar-refractivity contribution in [2.45, 2.75) is 262 Å². The fourth-order valence-electron chi connectivity index (χ4n) is 7.72. The number of carbonyl (C=O) groups is 1. The van der Waals surface area contributed by atoms with Crippen molar-refractivity contribution in [2.24, 2.45) is 0 Å². The van der Waals surface area contributed by atoms with E-state index in [1.165, 1.54) is 135 Å². The molecule has 0 aromatic carbocycles. The van der Waals surface area contributed by atoms with E-state index in [0.29, 0.717) is 19.3 Å². The van der Waals surface area contributed by atoms with E-state index >= 15 is 0 Å². The zero-order valence-corrected chi connectivity index (χ0v) is 38.3. The van der Waals surface area contributed by atoms with Gasteiger partial charge in [0.25, 0.3) is 0 Å². The van der Waals surface area contributed by atoms with Gasteiger partial charge in [0.05, 0.1) is 25.4 Å². The normalized spacial score (nSPS) is 21.4. The molecule has 1 fully saturated rings. The highest BCUT2D eigenvalue weighted by atomic mass is 16.7. The number of hydrogen-bond donors (Lipinski definition) is 7. The SMILES string of the molecule is CCCCCCC/C=C/CC/C=C/CC/C=C/C(O)C(COC1OC(CO)C(O)C(O)C1O)NC(=O)C(O)CCCCCCCCCCCCCCCCCCCCCC. The topological polar surface area (TPSA) is 169 Å². The Hall–Kier alpha value is -1.63. The second-order valence-electron chi connectivity index (χ2n) is 17.4. The highest BCUT2D eigenvalue weighted by molar-refractivity contribution is 5.80. The molecule has 60 heavy (non-hydrogen) atoms. The maximum Gasteiger partial charge on any atom is 0.249 e. The maximum absolute atomic E-state index is 13.1. The molecule has 10 nitrogen and oxygen atoms in total. The second-order valence-corrected chi connectivity index (χ2v) is 17.4. The molecule has 0 saturated carbocycles. The van der Waals surface area contributed by atoms with E-state index in [1.807, 2.05) is 6.08 Å². The van der Waals surface area contributed by atoms with Gasteiger partial charge in [0.15, 0.2) is 6.29 Å². The van der Waals surface area contributed by atoms with Crippen LogP contribution in [-0.2, 0) is 14.3 Å². The highest BCUT2D eigenvalue weighted by Crippen LogP contribution is 2.23. The van der Waals surface area contributed by atoms with Gasteiger partial charge in [-0.05, 0) is 44.9 Å². The summed E-state index contributed by atoms with van der Waals surface area (Å²) in [7, 11) is 0. The van der Waals surface area contributed by atoms with Crippen molar-refractivity contribution >= 4 is 5.91 Å². The van der Waals surface area contributed by atoms with Crippen LogP contribution in [0.15, 0.2) is 36.5 Å². The van der Waals surface area contributed by atoms with Gasteiger partial charge in [0.2, 0.25) is 5.91 Å². The zero-order chi connectivity index (χ0) is 43.9. The van der Waals surface area contributed by atoms with E-state index in [2.05, 4.69) is 43.5 Å². The van der Waals surface area contributed by atoms with Gasteiger partial charge < -0.3 is 45.4 Å². The lowest BCUT2D eigenvalue weighted by Gasteiger charge is -2.40. The molecule has 10 heteroatoms. The predicted molar refractivity (Wildman–Crippen MR) is 246 cm³/mol. The summed E-state index contributed by atoms with van der Waals surface area (Å²) in [6.07, 6.45) is 39.5. The summed E-state index contributed by atoms with van der Waals surface area (Å²) in [6.45, 7) is 3.58. The smallest absolute Gasteiger partial charge is 0.249 e. The van der Waals surface area contributed by atoms with Crippen molar-refractivity contribution < 1.29 is 44.9 Å². The molecule has 0 spiro atoms. The number of rotatable bonds is 41. The molecule has 1 aliphatic rings. The van der Waals surface area contributed by atoms with Crippen LogP contribution in [0.3, 0.4) is 0 Å². The molecule has 1 aliphatic heterocycles. The number of hydrogen-bond acceptors (Lipinski definition) is 9. The van der Waals surface area contributed by atoms with Crippen LogP contribution in [0.5, 0.6) is 0 Å². The summed E-state index contributed by atoms with van der Waals surface area (Å²) in [6, 6.07) is -1.00. The Morgan fingerprint density at radius 1 is 0.567 bits per heavy atom. The molecule has 1 rings (SSSR count). The fourth-order valence-corrected chi connectivity index (χ4v) is 7.72. The van der Waals surface area contributed by atoms with Crippen molar-refractivity contribution in [3.63, 3.8) is 0 Å². The Morgan fingerprint density at radius 3 is 1.45 bits per heavy atom. The van der Waals surface area contributed by atoms with Crippen molar-refractivity contribution in [1.82, 2.24) is 5.32 Å². The van der Waals surface area contributed by atoms with Gasteiger partial charge in [0, 0.05) is 0 Å². The molecule has 8 unspecified atom stereocenters. The molecule has 1 saturated heterocycles. The first kappa shape index (κ1) is 56.4. The van der Waals surface area contributed by atoms with Gasteiger partial charge in [-0.2, -0.15) is 0 Å². The molecule has 352 valence electrons. The third-order valence-electron chi connectivity index (χ3n) is 11.8. The van der Waals surface area contributed by atoms with E-state index in [1.54, 1.807) is 6.08 Å². The predicted octanol–water partition coefficient (Wildman–Crippen LogP) is 9.81. The number of ether oxygens (including phenoxy) is 2. The summed E-state index contributed by atoms with van der Waals surface area (Å²) in [5.74, 6) is -0.629. The van der Waals surface area contributed by atoms with Crippen molar-refractivity contribution in [2.75, 3.05) is 13.2 Å². The molecule has 0 aromatic rings. The molecule has 8 atom stereocenters. The molecule has 7 N–H and O–H groups in total. The van der Waals surface area contributed by atoms with Crippen molar-refractivity contribution in [3.8, 4) is 0 Å². The third-order valence-corrected chi connectivity index (χ3v) is 11.8. The second kappa shape index (κ2) is 40.2. The van der Waals surface area contributed by atoms with Gasteiger partial charge >= 0.3 is 0 Å². The third kappa shape index (κ3) is 29.6. The number of allylic oxidation sites excluding steroid dienone is 5.